The first-order chi connectivity index (χ1) is 11.8. The summed E-state index contributed by atoms with van der Waals surface area (Å²) >= 11 is 0. The SMILES string of the molecule is CCCCCCCCCCC(=O)Oc1cc(C)c(O)c(C(C)(C)C)c1. The summed E-state index contributed by atoms with van der Waals surface area (Å²) in [6.07, 6.45) is 10.1. The van der Waals surface area contributed by atoms with E-state index in [1.54, 1.807) is 12.1 Å². The van der Waals surface area contributed by atoms with E-state index < -0.39 is 0 Å². The third-order valence-corrected chi connectivity index (χ3v) is 4.55. The second-order valence-corrected chi connectivity index (χ2v) is 8.09. The van der Waals surface area contributed by atoms with Crippen molar-refractivity contribution in [1.29, 1.82) is 0 Å². The van der Waals surface area contributed by atoms with Gasteiger partial charge in [-0.3, -0.25) is 4.79 Å². The summed E-state index contributed by atoms with van der Waals surface area (Å²) in [4.78, 5) is 12.1. The molecule has 0 radical (unpaired) electrons. The fraction of sp³-hybridized carbons (Fsp3) is 0.682. The molecule has 0 atom stereocenters. The van der Waals surface area contributed by atoms with E-state index in [-0.39, 0.29) is 17.1 Å². The van der Waals surface area contributed by atoms with Crippen molar-refractivity contribution in [1.82, 2.24) is 0 Å². The zero-order valence-corrected chi connectivity index (χ0v) is 16.8. The summed E-state index contributed by atoms with van der Waals surface area (Å²) in [6, 6.07) is 3.52. The number of hydrogen-bond acceptors (Lipinski definition) is 3. The molecule has 0 aliphatic carbocycles. The summed E-state index contributed by atoms with van der Waals surface area (Å²) in [5.74, 6) is 0.635. The Kier molecular flexibility index (Phi) is 9.02. The van der Waals surface area contributed by atoms with E-state index in [0.29, 0.717) is 12.2 Å². The number of aromatic hydroxyl groups is 1. The molecule has 0 saturated heterocycles. The number of unbranched alkanes of at least 4 members (excludes halogenated alkanes) is 7. The molecule has 0 fully saturated rings. The van der Waals surface area contributed by atoms with Gasteiger partial charge in [-0.2, -0.15) is 0 Å². The molecular formula is C22H36O3. The van der Waals surface area contributed by atoms with Crippen molar-refractivity contribution in [2.24, 2.45) is 0 Å². The number of rotatable bonds is 10. The average molecular weight is 349 g/mol. The maximum atomic E-state index is 12.1. The minimum Gasteiger partial charge on any atom is -0.507 e. The van der Waals surface area contributed by atoms with Gasteiger partial charge in [-0.1, -0.05) is 72.6 Å². The molecule has 0 amide bonds. The topological polar surface area (TPSA) is 46.5 Å². The molecule has 0 bridgehead atoms. The minimum atomic E-state index is -0.199. The highest BCUT2D eigenvalue weighted by Crippen LogP contribution is 2.36. The summed E-state index contributed by atoms with van der Waals surface area (Å²) < 4.78 is 5.50. The number of ether oxygens (including phenoxy) is 1. The van der Waals surface area contributed by atoms with Crippen LogP contribution >= 0.6 is 0 Å². The average Bonchev–Trinajstić information content (AvgIpc) is 2.52. The summed E-state index contributed by atoms with van der Waals surface area (Å²) in [6.45, 7) is 10.2. The van der Waals surface area contributed by atoms with Crippen molar-refractivity contribution in [2.45, 2.75) is 97.8 Å². The van der Waals surface area contributed by atoms with E-state index in [4.69, 9.17) is 4.74 Å². The molecule has 142 valence electrons. The van der Waals surface area contributed by atoms with Gasteiger partial charge in [-0.05, 0) is 36.5 Å². The van der Waals surface area contributed by atoms with Crippen LogP contribution in [0.25, 0.3) is 0 Å². The van der Waals surface area contributed by atoms with Crippen LogP contribution < -0.4 is 4.74 Å². The van der Waals surface area contributed by atoms with E-state index in [1.165, 1.54) is 38.5 Å². The van der Waals surface area contributed by atoms with E-state index in [2.05, 4.69) is 6.92 Å². The number of carbonyl (C=O) groups excluding carboxylic acids is 1. The van der Waals surface area contributed by atoms with Gasteiger partial charge in [0.1, 0.15) is 11.5 Å². The van der Waals surface area contributed by atoms with Crippen molar-refractivity contribution in [3.8, 4) is 11.5 Å². The second-order valence-electron chi connectivity index (χ2n) is 8.09. The number of aryl methyl sites for hydroxylation is 1. The van der Waals surface area contributed by atoms with E-state index in [9.17, 15) is 9.90 Å². The van der Waals surface area contributed by atoms with Gasteiger partial charge >= 0.3 is 5.97 Å². The van der Waals surface area contributed by atoms with Crippen LogP contribution in [-0.4, -0.2) is 11.1 Å². The molecular weight excluding hydrogens is 312 g/mol. The van der Waals surface area contributed by atoms with Crippen LogP contribution in [0.2, 0.25) is 0 Å². The van der Waals surface area contributed by atoms with Gasteiger partial charge in [0.2, 0.25) is 0 Å². The predicted molar refractivity (Wildman–Crippen MR) is 104 cm³/mol. The predicted octanol–water partition coefficient (Wildman–Crippen LogP) is 6.43. The number of phenols is 1. The van der Waals surface area contributed by atoms with Gasteiger partial charge in [0.15, 0.2) is 0 Å². The van der Waals surface area contributed by atoms with Gasteiger partial charge in [0.25, 0.3) is 0 Å². The Labute approximate surface area is 153 Å². The number of carbonyl (C=O) groups is 1. The van der Waals surface area contributed by atoms with Crippen molar-refractivity contribution in [2.75, 3.05) is 0 Å². The highest BCUT2D eigenvalue weighted by atomic mass is 16.5. The maximum absolute atomic E-state index is 12.1. The molecule has 0 spiro atoms. The molecule has 1 aromatic carbocycles. The number of esters is 1. The molecule has 3 nitrogen and oxygen atoms in total. The first-order valence-corrected chi connectivity index (χ1v) is 9.80. The third kappa shape index (κ3) is 7.94. The van der Waals surface area contributed by atoms with Crippen LogP contribution in [0.1, 0.15) is 96.6 Å². The molecule has 3 heteroatoms. The van der Waals surface area contributed by atoms with Crippen molar-refractivity contribution in [3.05, 3.63) is 23.3 Å². The highest BCUT2D eigenvalue weighted by Gasteiger charge is 2.21. The zero-order valence-electron chi connectivity index (χ0n) is 16.8. The molecule has 0 aromatic heterocycles. The molecule has 0 heterocycles. The van der Waals surface area contributed by atoms with Crippen LogP contribution in [0.3, 0.4) is 0 Å². The number of phenolic OH excluding ortho intramolecular Hbond substituents is 1. The van der Waals surface area contributed by atoms with Gasteiger partial charge in [-0.15, -0.1) is 0 Å². The lowest BCUT2D eigenvalue weighted by Gasteiger charge is -2.22. The maximum Gasteiger partial charge on any atom is 0.311 e. The van der Waals surface area contributed by atoms with Crippen LogP contribution in [0.4, 0.5) is 0 Å². The molecule has 0 aliphatic rings. The molecule has 1 aromatic rings. The number of benzene rings is 1. The Morgan fingerprint density at radius 2 is 1.56 bits per heavy atom. The van der Waals surface area contributed by atoms with Crippen molar-refractivity contribution < 1.29 is 14.6 Å². The Bertz CT molecular complexity index is 541. The first kappa shape index (κ1) is 21.5. The van der Waals surface area contributed by atoms with Crippen LogP contribution in [0.5, 0.6) is 11.5 Å². The van der Waals surface area contributed by atoms with Gasteiger partial charge in [0.05, 0.1) is 0 Å². The van der Waals surface area contributed by atoms with Crippen LogP contribution in [-0.2, 0) is 10.2 Å². The quantitative estimate of drug-likeness (QED) is 0.301. The van der Waals surface area contributed by atoms with Crippen LogP contribution in [0.15, 0.2) is 12.1 Å². The lowest BCUT2D eigenvalue weighted by atomic mass is 9.85. The Hall–Kier alpha value is -1.51. The second kappa shape index (κ2) is 10.5. The molecule has 25 heavy (non-hydrogen) atoms. The lowest BCUT2D eigenvalue weighted by molar-refractivity contribution is -0.134. The molecule has 1 rings (SSSR count). The molecule has 0 saturated carbocycles. The highest BCUT2D eigenvalue weighted by molar-refractivity contribution is 5.72. The number of hydrogen-bond donors (Lipinski definition) is 1. The van der Waals surface area contributed by atoms with E-state index in [1.807, 2.05) is 27.7 Å². The van der Waals surface area contributed by atoms with E-state index in [0.717, 1.165) is 24.0 Å². The monoisotopic (exact) mass is 348 g/mol. The van der Waals surface area contributed by atoms with Crippen LogP contribution in [0, 0.1) is 6.92 Å². The fourth-order valence-electron chi connectivity index (χ4n) is 2.96. The summed E-state index contributed by atoms with van der Waals surface area (Å²) in [5.41, 5.74) is 1.35. The molecule has 0 aliphatic heterocycles. The third-order valence-electron chi connectivity index (χ3n) is 4.55. The summed E-state index contributed by atoms with van der Waals surface area (Å²) in [7, 11) is 0. The first-order valence-electron chi connectivity index (χ1n) is 9.80. The van der Waals surface area contributed by atoms with Gasteiger partial charge < -0.3 is 9.84 Å². The zero-order chi connectivity index (χ0) is 18.9. The standard InChI is InChI=1S/C22H36O3/c1-6-7-8-9-10-11-12-13-14-20(23)25-18-15-17(2)21(24)19(16-18)22(3,4)5/h15-16,24H,6-14H2,1-5H3. The molecule has 1 N–H and O–H groups in total. The van der Waals surface area contributed by atoms with Crippen molar-refractivity contribution in [3.63, 3.8) is 0 Å². The normalized spacial score (nSPS) is 11.6. The van der Waals surface area contributed by atoms with E-state index >= 15 is 0 Å². The summed E-state index contributed by atoms with van der Waals surface area (Å²) in [5, 5.41) is 10.2. The fourth-order valence-corrected chi connectivity index (χ4v) is 2.96. The largest absolute Gasteiger partial charge is 0.507 e. The van der Waals surface area contributed by atoms with Crippen molar-refractivity contribution >= 4 is 5.97 Å². The smallest absolute Gasteiger partial charge is 0.311 e. The molecule has 0 unspecified atom stereocenters. The lowest BCUT2D eigenvalue weighted by Crippen LogP contribution is -2.13. The van der Waals surface area contributed by atoms with Gasteiger partial charge in [0, 0.05) is 12.0 Å². The Balaban J connectivity index is 2.41. The Morgan fingerprint density at radius 3 is 2.12 bits per heavy atom. The van der Waals surface area contributed by atoms with Gasteiger partial charge in [-0.25, -0.2) is 0 Å². The minimum absolute atomic E-state index is 0.184. The Morgan fingerprint density at radius 1 is 1.00 bits per heavy atom.